The van der Waals surface area contributed by atoms with Gasteiger partial charge in [0, 0.05) is 5.69 Å². The van der Waals surface area contributed by atoms with Gasteiger partial charge in [0.1, 0.15) is 5.75 Å². The molecule has 0 saturated heterocycles. The summed E-state index contributed by atoms with van der Waals surface area (Å²) in [6.07, 6.45) is 0. The second-order valence-corrected chi connectivity index (χ2v) is 3.84. The Labute approximate surface area is 119 Å². The van der Waals surface area contributed by atoms with Crippen LogP contribution < -0.4 is 15.8 Å². The molecular weight excluding hydrogens is 280 g/mol. The van der Waals surface area contributed by atoms with E-state index in [2.05, 4.69) is 25.0 Å². The molecule has 1 aromatic carbocycles. The lowest BCUT2D eigenvalue weighted by Crippen LogP contribution is -2.14. The normalized spacial score (nSPS) is 9.95. The van der Waals surface area contributed by atoms with Gasteiger partial charge < -0.3 is 20.5 Å². The number of methoxy groups -OCH3 is 1. The molecule has 0 unspecified atom stereocenters. The van der Waals surface area contributed by atoms with Crippen LogP contribution in [-0.4, -0.2) is 35.9 Å². The van der Waals surface area contributed by atoms with Crippen LogP contribution in [-0.2, 0) is 9.53 Å². The second-order valence-electron chi connectivity index (χ2n) is 3.84. The number of nitrogens with one attached hydrogen (secondary N) is 1. The third-order valence-corrected chi connectivity index (χ3v) is 2.43. The number of amides is 1. The third kappa shape index (κ3) is 3.69. The van der Waals surface area contributed by atoms with E-state index >= 15 is 0 Å². The smallest absolute Gasteiger partial charge is 0.343 e. The Morgan fingerprint density at radius 2 is 2.00 bits per heavy atom. The zero-order valence-electron chi connectivity index (χ0n) is 11.0. The number of hydrogen-bond acceptors (Lipinski definition) is 8. The maximum atomic E-state index is 11.8. The molecule has 0 aliphatic carbocycles. The van der Waals surface area contributed by atoms with Crippen molar-refractivity contribution < 1.29 is 23.7 Å². The van der Waals surface area contributed by atoms with Gasteiger partial charge in [-0.3, -0.25) is 4.79 Å². The molecule has 0 aliphatic rings. The van der Waals surface area contributed by atoms with Crippen molar-refractivity contribution in [3.05, 3.63) is 30.0 Å². The van der Waals surface area contributed by atoms with Crippen molar-refractivity contribution in [2.45, 2.75) is 0 Å². The van der Waals surface area contributed by atoms with Crippen LogP contribution in [0.5, 0.6) is 5.75 Å². The van der Waals surface area contributed by atoms with E-state index in [9.17, 15) is 9.59 Å². The van der Waals surface area contributed by atoms with Crippen LogP contribution in [0.3, 0.4) is 0 Å². The summed E-state index contributed by atoms with van der Waals surface area (Å²) in [5.41, 5.74) is 5.81. The Morgan fingerprint density at radius 1 is 1.29 bits per heavy atom. The number of carbonyl (C=O) groups excluding carboxylic acids is 2. The summed E-state index contributed by atoms with van der Waals surface area (Å²) < 4.78 is 14.0. The lowest BCUT2D eigenvalue weighted by atomic mass is 10.3. The van der Waals surface area contributed by atoms with Gasteiger partial charge in [0.2, 0.25) is 11.5 Å². The molecule has 2 aromatic rings. The first-order valence-electron chi connectivity index (χ1n) is 5.79. The number of aromatic nitrogens is 2. The highest BCUT2D eigenvalue weighted by Gasteiger charge is 2.15. The number of nitrogens with zero attached hydrogens (tertiary/aromatic N) is 2. The molecule has 2 rings (SSSR count). The molecule has 110 valence electrons. The van der Waals surface area contributed by atoms with Gasteiger partial charge in [-0.15, -0.1) is 0 Å². The fourth-order valence-electron chi connectivity index (χ4n) is 1.38. The average Bonchev–Trinajstić information content (AvgIpc) is 2.92. The molecule has 9 nitrogen and oxygen atoms in total. The van der Waals surface area contributed by atoms with Crippen molar-refractivity contribution in [3.63, 3.8) is 0 Å². The van der Waals surface area contributed by atoms with Crippen LogP contribution in [0.15, 0.2) is 28.9 Å². The molecule has 3 N–H and O–H groups in total. The number of carbonyl (C=O) groups is 2. The Morgan fingerprint density at radius 3 is 2.57 bits per heavy atom. The van der Waals surface area contributed by atoms with Crippen LogP contribution >= 0.6 is 0 Å². The van der Waals surface area contributed by atoms with Crippen LogP contribution in [0, 0.1) is 0 Å². The van der Waals surface area contributed by atoms with Crippen molar-refractivity contribution in [2.75, 3.05) is 24.8 Å². The van der Waals surface area contributed by atoms with Gasteiger partial charge in [-0.05, 0) is 34.6 Å². The van der Waals surface area contributed by atoms with Gasteiger partial charge in [-0.25, -0.2) is 9.42 Å². The van der Waals surface area contributed by atoms with Gasteiger partial charge in [-0.2, -0.15) is 0 Å². The molecule has 0 atom stereocenters. The van der Waals surface area contributed by atoms with Crippen molar-refractivity contribution in [1.82, 2.24) is 10.3 Å². The van der Waals surface area contributed by atoms with E-state index in [1.54, 1.807) is 24.3 Å². The van der Waals surface area contributed by atoms with E-state index in [1.807, 2.05) is 0 Å². The molecule has 0 aliphatic heterocycles. The fraction of sp³-hybridized carbons (Fsp3) is 0.167. The van der Waals surface area contributed by atoms with Crippen molar-refractivity contribution in [2.24, 2.45) is 0 Å². The maximum Gasteiger partial charge on any atom is 0.343 e. The first-order valence-corrected chi connectivity index (χ1v) is 5.79. The molecule has 0 fully saturated rings. The predicted molar refractivity (Wildman–Crippen MR) is 70.6 cm³/mol. The van der Waals surface area contributed by atoms with Crippen LogP contribution in [0.2, 0.25) is 0 Å². The maximum absolute atomic E-state index is 11.8. The summed E-state index contributed by atoms with van der Waals surface area (Å²) in [7, 11) is 1.27. The monoisotopic (exact) mass is 292 g/mol. The van der Waals surface area contributed by atoms with Gasteiger partial charge in [0.15, 0.2) is 6.61 Å². The molecule has 9 heteroatoms. The van der Waals surface area contributed by atoms with E-state index in [0.717, 1.165) is 0 Å². The molecule has 1 heterocycles. The average molecular weight is 292 g/mol. The molecule has 0 spiro atoms. The SMILES string of the molecule is COC(=O)COc1ccc(NC(=O)c2nonc2N)cc1. The largest absolute Gasteiger partial charge is 0.482 e. The van der Waals surface area contributed by atoms with Crippen LogP contribution in [0.25, 0.3) is 0 Å². The minimum absolute atomic E-state index is 0.0921. The van der Waals surface area contributed by atoms with Crippen molar-refractivity contribution >= 4 is 23.4 Å². The first-order chi connectivity index (χ1) is 10.1. The Bertz CT molecular complexity index is 637. The molecule has 1 aromatic heterocycles. The minimum atomic E-state index is -0.544. The number of anilines is 2. The van der Waals surface area contributed by atoms with E-state index in [-0.39, 0.29) is 18.1 Å². The molecule has 21 heavy (non-hydrogen) atoms. The first kappa shape index (κ1) is 14.3. The van der Waals surface area contributed by atoms with Gasteiger partial charge in [0.25, 0.3) is 5.91 Å². The van der Waals surface area contributed by atoms with E-state index in [0.29, 0.717) is 11.4 Å². The molecule has 0 radical (unpaired) electrons. The quantitative estimate of drug-likeness (QED) is 0.760. The Balaban J connectivity index is 1.95. The Kier molecular flexibility index (Phi) is 4.34. The van der Waals surface area contributed by atoms with Crippen LogP contribution in [0.4, 0.5) is 11.5 Å². The van der Waals surface area contributed by atoms with E-state index in [1.165, 1.54) is 7.11 Å². The third-order valence-electron chi connectivity index (χ3n) is 2.43. The number of nitrogens with two attached hydrogens (primary N) is 1. The summed E-state index contributed by atoms with van der Waals surface area (Å²) in [4.78, 5) is 22.7. The molecule has 1 amide bonds. The number of rotatable bonds is 5. The molecular formula is C12H12N4O5. The number of nitrogen functional groups attached to an aromatic ring is 1. The highest BCUT2D eigenvalue weighted by atomic mass is 16.6. The lowest BCUT2D eigenvalue weighted by molar-refractivity contribution is -0.142. The number of ether oxygens (including phenoxy) is 2. The molecule has 0 bridgehead atoms. The number of benzene rings is 1. The fourth-order valence-corrected chi connectivity index (χ4v) is 1.38. The molecule has 0 saturated carbocycles. The topological polar surface area (TPSA) is 130 Å². The highest BCUT2D eigenvalue weighted by Crippen LogP contribution is 2.17. The minimum Gasteiger partial charge on any atom is -0.482 e. The predicted octanol–water partition coefficient (Wildman–Crippen LogP) is 0.456. The van der Waals surface area contributed by atoms with Gasteiger partial charge in [0.05, 0.1) is 7.11 Å². The summed E-state index contributed by atoms with van der Waals surface area (Å²) in [6.45, 7) is -0.191. The van der Waals surface area contributed by atoms with Gasteiger partial charge >= 0.3 is 5.97 Å². The van der Waals surface area contributed by atoms with Crippen molar-refractivity contribution in [3.8, 4) is 5.75 Å². The van der Waals surface area contributed by atoms with E-state index in [4.69, 9.17) is 10.5 Å². The highest BCUT2D eigenvalue weighted by molar-refractivity contribution is 6.05. The lowest BCUT2D eigenvalue weighted by Gasteiger charge is -2.06. The number of hydrogen-bond donors (Lipinski definition) is 2. The standard InChI is InChI=1S/C12H12N4O5/c1-19-9(17)6-20-8-4-2-7(3-5-8)14-12(18)10-11(13)16-21-15-10/h2-5H,6H2,1H3,(H2,13,16)(H,14,18). The van der Waals surface area contributed by atoms with E-state index < -0.39 is 11.9 Å². The summed E-state index contributed by atoms with van der Waals surface area (Å²) in [5, 5.41) is 9.26. The van der Waals surface area contributed by atoms with Gasteiger partial charge in [-0.1, -0.05) is 0 Å². The summed E-state index contributed by atoms with van der Waals surface area (Å²) in [6, 6.07) is 6.36. The zero-order chi connectivity index (χ0) is 15.2. The summed E-state index contributed by atoms with van der Waals surface area (Å²) in [5.74, 6) is -0.662. The number of esters is 1. The zero-order valence-corrected chi connectivity index (χ0v) is 11.0. The van der Waals surface area contributed by atoms with Crippen LogP contribution in [0.1, 0.15) is 10.5 Å². The second kappa shape index (κ2) is 6.37. The summed E-state index contributed by atoms with van der Waals surface area (Å²) >= 11 is 0. The Hall–Kier alpha value is -3.10. The van der Waals surface area contributed by atoms with Crippen molar-refractivity contribution in [1.29, 1.82) is 0 Å².